The van der Waals surface area contributed by atoms with E-state index in [0.29, 0.717) is 6.54 Å². The summed E-state index contributed by atoms with van der Waals surface area (Å²) in [5.74, 6) is 1.63. The van der Waals surface area contributed by atoms with Gasteiger partial charge in [0.05, 0.1) is 7.11 Å². The van der Waals surface area contributed by atoms with E-state index in [2.05, 4.69) is 49.9 Å². The molecule has 0 aliphatic carbocycles. The van der Waals surface area contributed by atoms with Crippen LogP contribution in [0.25, 0.3) is 0 Å². The largest absolute Gasteiger partial charge is 0.497 e. The Morgan fingerprint density at radius 1 is 0.897 bits per heavy atom. The van der Waals surface area contributed by atoms with Crippen molar-refractivity contribution in [2.75, 3.05) is 44.8 Å². The van der Waals surface area contributed by atoms with Crippen LogP contribution in [-0.2, 0) is 10.2 Å². The van der Waals surface area contributed by atoms with E-state index in [0.717, 1.165) is 43.2 Å². The molecule has 156 valence electrons. The maximum Gasteiger partial charge on any atom is 0.260 e. The molecule has 0 radical (unpaired) electrons. The minimum atomic E-state index is 0.0430. The molecule has 5 heteroatoms. The number of methoxy groups -OCH3 is 1. The maximum absolute atomic E-state index is 12.6. The van der Waals surface area contributed by atoms with Gasteiger partial charge < -0.3 is 19.3 Å². The minimum Gasteiger partial charge on any atom is -0.497 e. The lowest BCUT2D eigenvalue weighted by molar-refractivity contribution is -0.133. The number of hydrogen-bond donors (Lipinski definition) is 0. The first-order valence-corrected chi connectivity index (χ1v) is 10.3. The molecule has 0 spiro atoms. The molecule has 1 aliphatic heterocycles. The lowest BCUT2D eigenvalue weighted by Crippen LogP contribution is -2.38. The summed E-state index contributed by atoms with van der Waals surface area (Å²) >= 11 is 0. The Bertz CT molecular complexity index is 794. The standard InChI is InChI=1S/C24H32N2O3/c1-24(2,3)19-6-10-22(11-7-19)29-18-23(27)26-15-5-14-25(16-17-26)20-8-12-21(28-4)13-9-20/h6-13H,5,14-18H2,1-4H3. The van der Waals surface area contributed by atoms with Crippen LogP contribution in [0.5, 0.6) is 11.5 Å². The Labute approximate surface area is 174 Å². The minimum absolute atomic E-state index is 0.0430. The summed E-state index contributed by atoms with van der Waals surface area (Å²) in [5, 5.41) is 0. The third-order valence-corrected chi connectivity index (χ3v) is 5.37. The Hall–Kier alpha value is -2.69. The second-order valence-electron chi connectivity index (χ2n) is 8.48. The van der Waals surface area contributed by atoms with Gasteiger partial charge in [-0.15, -0.1) is 0 Å². The fourth-order valence-corrected chi connectivity index (χ4v) is 3.51. The van der Waals surface area contributed by atoms with Crippen LogP contribution in [0.1, 0.15) is 32.8 Å². The predicted octanol–water partition coefficient (Wildman–Crippen LogP) is 4.11. The third-order valence-electron chi connectivity index (χ3n) is 5.37. The van der Waals surface area contributed by atoms with Crippen molar-refractivity contribution in [3.05, 3.63) is 54.1 Å². The normalized spacial score (nSPS) is 15.0. The molecule has 1 heterocycles. The van der Waals surface area contributed by atoms with Crippen molar-refractivity contribution in [3.8, 4) is 11.5 Å². The highest BCUT2D eigenvalue weighted by Crippen LogP contribution is 2.24. The number of carbonyl (C=O) groups excluding carboxylic acids is 1. The fourth-order valence-electron chi connectivity index (χ4n) is 3.51. The van der Waals surface area contributed by atoms with Crippen LogP contribution in [0, 0.1) is 0 Å². The van der Waals surface area contributed by atoms with Crippen LogP contribution in [0.4, 0.5) is 5.69 Å². The SMILES string of the molecule is COc1ccc(N2CCCN(C(=O)COc3ccc(C(C)(C)C)cc3)CC2)cc1. The number of anilines is 1. The molecule has 0 saturated carbocycles. The molecular weight excluding hydrogens is 364 g/mol. The van der Waals surface area contributed by atoms with Crippen molar-refractivity contribution in [1.29, 1.82) is 0 Å². The topological polar surface area (TPSA) is 42.0 Å². The first-order valence-electron chi connectivity index (χ1n) is 10.3. The van der Waals surface area contributed by atoms with E-state index in [-0.39, 0.29) is 17.9 Å². The summed E-state index contributed by atoms with van der Waals surface area (Å²) in [4.78, 5) is 16.9. The zero-order valence-corrected chi connectivity index (χ0v) is 18.0. The van der Waals surface area contributed by atoms with Gasteiger partial charge in [0, 0.05) is 31.9 Å². The second-order valence-corrected chi connectivity index (χ2v) is 8.48. The van der Waals surface area contributed by atoms with Gasteiger partial charge >= 0.3 is 0 Å². The average Bonchev–Trinajstić information content (AvgIpc) is 2.98. The van der Waals surface area contributed by atoms with E-state index < -0.39 is 0 Å². The van der Waals surface area contributed by atoms with E-state index in [4.69, 9.17) is 9.47 Å². The Morgan fingerprint density at radius 3 is 2.17 bits per heavy atom. The first-order chi connectivity index (χ1) is 13.9. The van der Waals surface area contributed by atoms with Crippen molar-refractivity contribution in [2.24, 2.45) is 0 Å². The number of nitrogens with zero attached hydrogens (tertiary/aromatic N) is 2. The van der Waals surface area contributed by atoms with E-state index >= 15 is 0 Å². The Morgan fingerprint density at radius 2 is 1.55 bits per heavy atom. The van der Waals surface area contributed by atoms with Crippen LogP contribution >= 0.6 is 0 Å². The van der Waals surface area contributed by atoms with Gasteiger partial charge in [-0.2, -0.15) is 0 Å². The number of rotatable bonds is 5. The molecule has 0 unspecified atom stereocenters. The zero-order chi connectivity index (χ0) is 20.9. The summed E-state index contributed by atoms with van der Waals surface area (Å²) in [7, 11) is 1.67. The van der Waals surface area contributed by atoms with Gasteiger partial charge in [-0.05, 0) is 53.8 Å². The monoisotopic (exact) mass is 396 g/mol. The molecule has 1 amide bonds. The van der Waals surface area contributed by atoms with Crippen LogP contribution in [0.2, 0.25) is 0 Å². The molecule has 0 bridgehead atoms. The first kappa shape index (κ1) is 21.0. The highest BCUT2D eigenvalue weighted by Gasteiger charge is 2.20. The lowest BCUT2D eigenvalue weighted by Gasteiger charge is -2.24. The molecule has 3 rings (SSSR count). The molecule has 0 aromatic heterocycles. The number of hydrogen-bond acceptors (Lipinski definition) is 4. The van der Waals surface area contributed by atoms with Crippen LogP contribution in [-0.4, -0.2) is 50.7 Å². The van der Waals surface area contributed by atoms with Crippen LogP contribution < -0.4 is 14.4 Å². The number of amides is 1. The smallest absolute Gasteiger partial charge is 0.260 e. The summed E-state index contributed by atoms with van der Waals surface area (Å²) in [5.41, 5.74) is 2.52. The van der Waals surface area contributed by atoms with Crippen molar-refractivity contribution >= 4 is 11.6 Å². The molecule has 1 fully saturated rings. The molecule has 1 aliphatic rings. The highest BCUT2D eigenvalue weighted by atomic mass is 16.5. The summed E-state index contributed by atoms with van der Waals surface area (Å²) in [6.45, 7) is 9.85. The van der Waals surface area contributed by atoms with Crippen LogP contribution in [0.3, 0.4) is 0 Å². The second kappa shape index (κ2) is 9.21. The Balaban J connectivity index is 1.51. The van der Waals surface area contributed by atoms with Crippen molar-refractivity contribution < 1.29 is 14.3 Å². The summed E-state index contributed by atoms with van der Waals surface area (Å²) in [6, 6.07) is 16.1. The number of carbonyl (C=O) groups is 1. The van der Waals surface area contributed by atoms with E-state index in [1.807, 2.05) is 29.2 Å². The zero-order valence-electron chi connectivity index (χ0n) is 18.0. The molecule has 5 nitrogen and oxygen atoms in total. The van der Waals surface area contributed by atoms with Crippen LogP contribution in [0.15, 0.2) is 48.5 Å². The van der Waals surface area contributed by atoms with Gasteiger partial charge in [0.15, 0.2) is 6.61 Å². The number of ether oxygens (including phenoxy) is 2. The molecule has 2 aromatic carbocycles. The van der Waals surface area contributed by atoms with Crippen molar-refractivity contribution in [2.45, 2.75) is 32.6 Å². The average molecular weight is 397 g/mol. The van der Waals surface area contributed by atoms with E-state index in [9.17, 15) is 4.79 Å². The van der Waals surface area contributed by atoms with Gasteiger partial charge in [-0.25, -0.2) is 0 Å². The van der Waals surface area contributed by atoms with Gasteiger partial charge in [0.25, 0.3) is 5.91 Å². The van der Waals surface area contributed by atoms with Gasteiger partial charge in [0.1, 0.15) is 11.5 Å². The summed E-state index contributed by atoms with van der Waals surface area (Å²) in [6.07, 6.45) is 0.943. The van der Waals surface area contributed by atoms with Crippen molar-refractivity contribution in [1.82, 2.24) is 4.90 Å². The molecule has 0 atom stereocenters. The lowest BCUT2D eigenvalue weighted by atomic mass is 9.87. The number of benzene rings is 2. The molecular formula is C24H32N2O3. The predicted molar refractivity (Wildman–Crippen MR) is 117 cm³/mol. The highest BCUT2D eigenvalue weighted by molar-refractivity contribution is 5.78. The van der Waals surface area contributed by atoms with Gasteiger partial charge in [-0.3, -0.25) is 4.79 Å². The maximum atomic E-state index is 12.6. The Kier molecular flexibility index (Phi) is 6.68. The van der Waals surface area contributed by atoms with Crippen molar-refractivity contribution in [3.63, 3.8) is 0 Å². The molecule has 1 saturated heterocycles. The summed E-state index contributed by atoms with van der Waals surface area (Å²) < 4.78 is 11.0. The molecule has 29 heavy (non-hydrogen) atoms. The van der Waals surface area contributed by atoms with Gasteiger partial charge in [0.2, 0.25) is 0 Å². The van der Waals surface area contributed by atoms with E-state index in [1.165, 1.54) is 5.56 Å². The molecule has 2 aromatic rings. The quantitative estimate of drug-likeness (QED) is 0.763. The van der Waals surface area contributed by atoms with Gasteiger partial charge in [-0.1, -0.05) is 32.9 Å². The fraction of sp³-hybridized carbons (Fsp3) is 0.458. The molecule has 0 N–H and O–H groups in total. The van der Waals surface area contributed by atoms with E-state index in [1.54, 1.807) is 7.11 Å². The third kappa shape index (κ3) is 5.66.